The Morgan fingerprint density at radius 1 is 1.57 bits per heavy atom. The fourth-order valence-corrected chi connectivity index (χ4v) is 0.913. The standard InChI is InChI=1S/C11H17NO2/c1-5-7-9(3)12-8-10(6-2)11(13)14-4/h6,8H,2,5,7H2,1,3-4H3/b10-8+,12-9?. The zero-order valence-corrected chi connectivity index (χ0v) is 9.04. The van der Waals surface area contributed by atoms with Crippen molar-refractivity contribution in [1.82, 2.24) is 0 Å². The van der Waals surface area contributed by atoms with Gasteiger partial charge in [-0.3, -0.25) is 4.99 Å². The molecule has 0 saturated carbocycles. The molecule has 0 saturated heterocycles. The Kier molecular flexibility index (Phi) is 6.37. The Bertz CT molecular complexity index is 264. The Morgan fingerprint density at radius 3 is 2.64 bits per heavy atom. The van der Waals surface area contributed by atoms with Crippen molar-refractivity contribution in [3.05, 3.63) is 24.4 Å². The van der Waals surface area contributed by atoms with Gasteiger partial charge >= 0.3 is 5.97 Å². The van der Waals surface area contributed by atoms with Crippen LogP contribution in [0.4, 0.5) is 0 Å². The highest BCUT2D eigenvalue weighted by atomic mass is 16.5. The van der Waals surface area contributed by atoms with Crippen molar-refractivity contribution in [1.29, 1.82) is 0 Å². The molecule has 78 valence electrons. The van der Waals surface area contributed by atoms with Crippen LogP contribution >= 0.6 is 0 Å². The lowest BCUT2D eigenvalue weighted by atomic mass is 10.2. The number of esters is 1. The molecule has 0 heterocycles. The maximum Gasteiger partial charge on any atom is 0.339 e. The first-order chi connectivity index (χ1) is 6.65. The molecule has 0 amide bonds. The first-order valence-corrected chi connectivity index (χ1v) is 4.59. The lowest BCUT2D eigenvalue weighted by Gasteiger charge is -1.98. The number of carbonyl (C=O) groups is 1. The molecular formula is C11H17NO2. The first-order valence-electron chi connectivity index (χ1n) is 4.59. The predicted octanol–water partition coefficient (Wildman–Crippen LogP) is 2.49. The monoisotopic (exact) mass is 195 g/mol. The number of ether oxygens (including phenoxy) is 1. The van der Waals surface area contributed by atoms with Crippen molar-refractivity contribution >= 4 is 11.7 Å². The van der Waals surface area contributed by atoms with E-state index >= 15 is 0 Å². The fourth-order valence-electron chi connectivity index (χ4n) is 0.913. The van der Waals surface area contributed by atoms with Gasteiger partial charge in [-0.2, -0.15) is 0 Å². The number of hydrogen-bond donors (Lipinski definition) is 0. The molecule has 0 aliphatic heterocycles. The van der Waals surface area contributed by atoms with E-state index in [2.05, 4.69) is 23.2 Å². The Morgan fingerprint density at radius 2 is 2.21 bits per heavy atom. The Labute approximate surface area is 85.2 Å². The third-order valence-electron chi connectivity index (χ3n) is 1.68. The van der Waals surface area contributed by atoms with Gasteiger partial charge in [0, 0.05) is 11.9 Å². The van der Waals surface area contributed by atoms with Gasteiger partial charge in [0.05, 0.1) is 12.7 Å². The highest BCUT2D eigenvalue weighted by Crippen LogP contribution is 2.00. The van der Waals surface area contributed by atoms with Crippen LogP contribution in [0.2, 0.25) is 0 Å². The van der Waals surface area contributed by atoms with Crippen LogP contribution in [0.5, 0.6) is 0 Å². The topological polar surface area (TPSA) is 38.7 Å². The molecule has 0 aliphatic carbocycles. The minimum Gasteiger partial charge on any atom is -0.465 e. The van der Waals surface area contributed by atoms with Crippen molar-refractivity contribution in [3.63, 3.8) is 0 Å². The molecule has 0 aliphatic rings. The van der Waals surface area contributed by atoms with Gasteiger partial charge in [0.25, 0.3) is 0 Å². The number of carbonyl (C=O) groups excluding carboxylic acids is 1. The highest BCUT2D eigenvalue weighted by molar-refractivity contribution is 5.92. The maximum atomic E-state index is 11.1. The van der Waals surface area contributed by atoms with Crippen LogP contribution in [0.1, 0.15) is 26.7 Å². The second kappa shape index (κ2) is 7.06. The van der Waals surface area contributed by atoms with Crippen molar-refractivity contribution in [2.75, 3.05) is 7.11 Å². The summed E-state index contributed by atoms with van der Waals surface area (Å²) >= 11 is 0. The van der Waals surface area contributed by atoms with Gasteiger partial charge in [-0.15, -0.1) is 0 Å². The molecule has 3 heteroatoms. The second-order valence-corrected chi connectivity index (χ2v) is 2.89. The van der Waals surface area contributed by atoms with Crippen LogP contribution < -0.4 is 0 Å². The third kappa shape index (κ3) is 4.60. The average Bonchev–Trinajstić information content (AvgIpc) is 2.18. The van der Waals surface area contributed by atoms with E-state index in [1.54, 1.807) is 0 Å². The summed E-state index contributed by atoms with van der Waals surface area (Å²) in [5.74, 6) is -0.409. The molecule has 0 rings (SSSR count). The second-order valence-electron chi connectivity index (χ2n) is 2.89. The summed E-state index contributed by atoms with van der Waals surface area (Å²) in [5.41, 5.74) is 1.37. The minimum absolute atomic E-state index is 0.378. The van der Waals surface area contributed by atoms with Gasteiger partial charge in [0.2, 0.25) is 0 Å². The number of rotatable bonds is 5. The van der Waals surface area contributed by atoms with E-state index in [9.17, 15) is 4.79 Å². The predicted molar refractivity (Wildman–Crippen MR) is 58.3 cm³/mol. The van der Waals surface area contributed by atoms with Gasteiger partial charge in [-0.25, -0.2) is 4.79 Å². The summed E-state index contributed by atoms with van der Waals surface area (Å²) in [6, 6.07) is 0. The first kappa shape index (κ1) is 12.6. The Hall–Kier alpha value is -1.38. The SMILES string of the molecule is C=C/C(=C\N=C(C)CCC)C(=O)OC. The zero-order valence-electron chi connectivity index (χ0n) is 9.04. The van der Waals surface area contributed by atoms with Gasteiger partial charge in [-0.1, -0.05) is 26.0 Å². The van der Waals surface area contributed by atoms with Crippen LogP contribution in [0.25, 0.3) is 0 Å². The highest BCUT2D eigenvalue weighted by Gasteiger charge is 2.03. The maximum absolute atomic E-state index is 11.1. The summed E-state index contributed by atoms with van der Waals surface area (Å²) < 4.78 is 4.55. The van der Waals surface area contributed by atoms with E-state index < -0.39 is 5.97 Å². The largest absolute Gasteiger partial charge is 0.465 e. The van der Waals surface area contributed by atoms with Crippen molar-refractivity contribution in [3.8, 4) is 0 Å². The number of methoxy groups -OCH3 is 1. The van der Waals surface area contributed by atoms with E-state index in [0.717, 1.165) is 18.6 Å². The molecule has 14 heavy (non-hydrogen) atoms. The van der Waals surface area contributed by atoms with E-state index in [-0.39, 0.29) is 0 Å². The van der Waals surface area contributed by atoms with Gasteiger partial charge in [-0.05, 0) is 13.3 Å². The van der Waals surface area contributed by atoms with E-state index in [0.29, 0.717) is 5.57 Å². The van der Waals surface area contributed by atoms with Crippen molar-refractivity contribution in [2.45, 2.75) is 26.7 Å². The molecule has 0 spiro atoms. The minimum atomic E-state index is -0.409. The molecule has 0 N–H and O–H groups in total. The lowest BCUT2D eigenvalue weighted by Crippen LogP contribution is -2.02. The van der Waals surface area contributed by atoms with Crippen molar-refractivity contribution in [2.24, 2.45) is 4.99 Å². The summed E-state index contributed by atoms with van der Waals surface area (Å²) in [6.07, 6.45) is 4.91. The lowest BCUT2D eigenvalue weighted by molar-refractivity contribution is -0.135. The molecule has 0 aromatic carbocycles. The van der Waals surface area contributed by atoms with E-state index in [1.165, 1.54) is 19.4 Å². The van der Waals surface area contributed by atoms with Crippen molar-refractivity contribution < 1.29 is 9.53 Å². The molecule has 0 unspecified atom stereocenters. The van der Waals surface area contributed by atoms with Crippen LogP contribution in [-0.4, -0.2) is 18.8 Å². The number of aliphatic imine (C=N–C) groups is 1. The van der Waals surface area contributed by atoms with Crippen LogP contribution in [-0.2, 0) is 9.53 Å². The molecule has 0 radical (unpaired) electrons. The molecular weight excluding hydrogens is 178 g/mol. The summed E-state index contributed by atoms with van der Waals surface area (Å²) in [4.78, 5) is 15.2. The molecule has 3 nitrogen and oxygen atoms in total. The van der Waals surface area contributed by atoms with E-state index in [1.807, 2.05) is 6.92 Å². The fraction of sp³-hybridized carbons (Fsp3) is 0.455. The van der Waals surface area contributed by atoms with E-state index in [4.69, 9.17) is 0 Å². The van der Waals surface area contributed by atoms with Crippen LogP contribution in [0, 0.1) is 0 Å². The van der Waals surface area contributed by atoms with Gasteiger partial charge < -0.3 is 4.74 Å². The normalized spacial score (nSPS) is 12.5. The quantitative estimate of drug-likeness (QED) is 0.292. The molecule has 0 aromatic heterocycles. The molecule has 0 fully saturated rings. The summed E-state index contributed by atoms with van der Waals surface area (Å²) in [6.45, 7) is 7.52. The van der Waals surface area contributed by atoms with Gasteiger partial charge in [0.1, 0.15) is 0 Å². The Balaban J connectivity index is 4.53. The molecule has 0 bridgehead atoms. The smallest absolute Gasteiger partial charge is 0.339 e. The third-order valence-corrected chi connectivity index (χ3v) is 1.68. The van der Waals surface area contributed by atoms with Gasteiger partial charge in [0.15, 0.2) is 0 Å². The number of hydrogen-bond acceptors (Lipinski definition) is 3. The molecule has 0 atom stereocenters. The summed E-state index contributed by atoms with van der Waals surface area (Å²) in [7, 11) is 1.34. The van der Waals surface area contributed by atoms with Crippen LogP contribution in [0.3, 0.4) is 0 Å². The summed E-state index contributed by atoms with van der Waals surface area (Å²) in [5, 5.41) is 0. The average molecular weight is 195 g/mol. The number of nitrogens with zero attached hydrogens (tertiary/aromatic N) is 1. The zero-order chi connectivity index (χ0) is 11.0. The van der Waals surface area contributed by atoms with Crippen LogP contribution in [0.15, 0.2) is 29.4 Å². The molecule has 0 aromatic rings.